The van der Waals surface area contributed by atoms with Gasteiger partial charge in [0.1, 0.15) is 5.82 Å². The van der Waals surface area contributed by atoms with E-state index in [1.165, 1.54) is 17.8 Å². The van der Waals surface area contributed by atoms with E-state index in [1.54, 1.807) is 23.1 Å². The van der Waals surface area contributed by atoms with Gasteiger partial charge in [0.25, 0.3) is 0 Å². The topological polar surface area (TPSA) is 40.5 Å². The Bertz CT molecular complexity index is 441. The fourth-order valence-corrected chi connectivity index (χ4v) is 3.08. The molecule has 0 aromatic heterocycles. The van der Waals surface area contributed by atoms with Crippen LogP contribution >= 0.6 is 11.8 Å². The second kappa shape index (κ2) is 6.91. The van der Waals surface area contributed by atoms with Crippen molar-refractivity contribution in [3.63, 3.8) is 0 Å². The third kappa shape index (κ3) is 3.94. The summed E-state index contributed by atoms with van der Waals surface area (Å²) >= 11 is 1.23. The first-order valence-electron chi connectivity index (χ1n) is 6.46. The minimum Gasteiger partial charge on any atom is -0.396 e. The van der Waals surface area contributed by atoms with Gasteiger partial charge in [0, 0.05) is 24.6 Å². The number of hydrogen-bond acceptors (Lipinski definition) is 3. The second-order valence-electron chi connectivity index (χ2n) is 4.75. The average Bonchev–Trinajstić information content (AvgIpc) is 2.46. The van der Waals surface area contributed by atoms with Gasteiger partial charge in [-0.1, -0.05) is 12.1 Å². The summed E-state index contributed by atoms with van der Waals surface area (Å²) in [7, 11) is 0. The molecule has 1 aliphatic heterocycles. The first-order valence-corrected chi connectivity index (χ1v) is 7.45. The number of halogens is 1. The van der Waals surface area contributed by atoms with Crippen molar-refractivity contribution < 1.29 is 14.3 Å². The maximum absolute atomic E-state index is 13.4. The highest BCUT2D eigenvalue weighted by molar-refractivity contribution is 8.00. The molecule has 1 heterocycles. The van der Waals surface area contributed by atoms with Gasteiger partial charge in [0.05, 0.1) is 5.75 Å². The highest BCUT2D eigenvalue weighted by atomic mass is 32.2. The summed E-state index contributed by atoms with van der Waals surface area (Å²) in [5, 5.41) is 9.14. The number of hydrogen-bond donors (Lipinski definition) is 1. The van der Waals surface area contributed by atoms with Crippen molar-refractivity contribution in [3.8, 4) is 0 Å². The van der Waals surface area contributed by atoms with E-state index >= 15 is 0 Å². The Morgan fingerprint density at radius 3 is 3.00 bits per heavy atom. The van der Waals surface area contributed by atoms with Crippen molar-refractivity contribution >= 4 is 17.7 Å². The minimum absolute atomic E-state index is 0.0198. The van der Waals surface area contributed by atoms with E-state index in [9.17, 15) is 9.18 Å². The van der Waals surface area contributed by atoms with Crippen molar-refractivity contribution in [1.29, 1.82) is 0 Å². The minimum atomic E-state index is -0.285. The van der Waals surface area contributed by atoms with E-state index in [0.29, 0.717) is 11.4 Å². The van der Waals surface area contributed by atoms with Crippen LogP contribution in [-0.2, 0) is 4.79 Å². The molecule has 104 valence electrons. The molecular weight excluding hydrogens is 265 g/mol. The molecule has 1 aromatic rings. The van der Waals surface area contributed by atoms with Gasteiger partial charge in [0.15, 0.2) is 0 Å². The molecule has 5 heteroatoms. The molecule has 0 bridgehead atoms. The number of aliphatic hydroxyl groups is 1. The van der Waals surface area contributed by atoms with Crippen molar-refractivity contribution in [2.75, 3.05) is 25.4 Å². The normalized spacial score (nSPS) is 19.5. The molecule has 1 aromatic carbocycles. The highest BCUT2D eigenvalue weighted by Gasteiger charge is 2.23. The molecule has 0 spiro atoms. The molecule has 19 heavy (non-hydrogen) atoms. The number of benzene rings is 1. The second-order valence-corrected chi connectivity index (χ2v) is 5.77. The van der Waals surface area contributed by atoms with Gasteiger partial charge in [-0.2, -0.15) is 0 Å². The highest BCUT2D eigenvalue weighted by Crippen LogP contribution is 2.23. The van der Waals surface area contributed by atoms with Crippen molar-refractivity contribution in [1.82, 2.24) is 4.90 Å². The Balaban J connectivity index is 1.86. The maximum atomic E-state index is 13.4. The number of aliphatic hydroxyl groups excluding tert-OH is 1. The maximum Gasteiger partial charge on any atom is 0.232 e. The van der Waals surface area contributed by atoms with E-state index in [4.69, 9.17) is 5.11 Å². The van der Waals surface area contributed by atoms with Crippen LogP contribution in [0, 0.1) is 11.7 Å². The monoisotopic (exact) mass is 283 g/mol. The third-order valence-electron chi connectivity index (χ3n) is 3.32. The van der Waals surface area contributed by atoms with Crippen LogP contribution in [0.25, 0.3) is 0 Å². The van der Waals surface area contributed by atoms with Crippen molar-refractivity contribution in [3.05, 3.63) is 30.1 Å². The van der Waals surface area contributed by atoms with E-state index in [1.807, 2.05) is 0 Å². The summed E-state index contributed by atoms with van der Waals surface area (Å²) < 4.78 is 13.4. The Hall–Kier alpha value is -1.07. The van der Waals surface area contributed by atoms with E-state index in [2.05, 4.69) is 0 Å². The first kappa shape index (κ1) is 14.3. The summed E-state index contributed by atoms with van der Waals surface area (Å²) in [5.74, 6) is 0.175. The van der Waals surface area contributed by atoms with Gasteiger partial charge >= 0.3 is 0 Å². The summed E-state index contributed by atoms with van der Waals surface area (Å²) in [6.07, 6.45) is 1.90. The Kier molecular flexibility index (Phi) is 5.22. The Morgan fingerprint density at radius 2 is 2.26 bits per heavy atom. The predicted molar refractivity (Wildman–Crippen MR) is 73.5 cm³/mol. The summed E-state index contributed by atoms with van der Waals surface area (Å²) in [5.41, 5.74) is 0. The van der Waals surface area contributed by atoms with Crippen LogP contribution in [0.4, 0.5) is 4.39 Å². The molecule has 1 N–H and O–H groups in total. The van der Waals surface area contributed by atoms with Crippen molar-refractivity contribution in [2.24, 2.45) is 5.92 Å². The number of piperidine rings is 1. The third-order valence-corrected chi connectivity index (χ3v) is 4.35. The van der Waals surface area contributed by atoms with E-state index < -0.39 is 0 Å². The summed E-state index contributed by atoms with van der Waals surface area (Å²) in [6.45, 7) is 1.49. The quantitative estimate of drug-likeness (QED) is 0.861. The van der Waals surface area contributed by atoms with Crippen LogP contribution < -0.4 is 0 Å². The zero-order valence-corrected chi connectivity index (χ0v) is 11.5. The number of amides is 1. The molecule has 1 fully saturated rings. The molecule has 3 nitrogen and oxygen atoms in total. The fourth-order valence-electron chi connectivity index (χ4n) is 2.23. The van der Waals surface area contributed by atoms with Crippen molar-refractivity contribution in [2.45, 2.75) is 17.7 Å². The molecule has 1 unspecified atom stereocenters. The molecule has 0 radical (unpaired) electrons. The van der Waals surface area contributed by atoms with Gasteiger partial charge in [-0.15, -0.1) is 11.8 Å². The van der Waals surface area contributed by atoms with Crippen LogP contribution in [0.1, 0.15) is 12.8 Å². The largest absolute Gasteiger partial charge is 0.396 e. The number of nitrogens with zero attached hydrogens (tertiary/aromatic N) is 1. The molecule has 1 aliphatic rings. The van der Waals surface area contributed by atoms with Crippen LogP contribution in [0.5, 0.6) is 0 Å². The molecule has 0 aliphatic carbocycles. The lowest BCUT2D eigenvalue weighted by Crippen LogP contribution is -2.41. The van der Waals surface area contributed by atoms with Gasteiger partial charge in [0.2, 0.25) is 5.91 Å². The molecule has 0 saturated carbocycles. The smallest absolute Gasteiger partial charge is 0.232 e. The molecule has 1 saturated heterocycles. The zero-order valence-electron chi connectivity index (χ0n) is 10.7. The zero-order chi connectivity index (χ0) is 13.7. The summed E-state index contributed by atoms with van der Waals surface area (Å²) in [6, 6.07) is 6.48. The van der Waals surface area contributed by atoms with Crippen LogP contribution in [0.3, 0.4) is 0 Å². The number of rotatable bonds is 4. The SMILES string of the molecule is O=C(CSc1ccccc1F)N1CCCC(CO)C1. The lowest BCUT2D eigenvalue weighted by Gasteiger charge is -2.31. The molecule has 1 atom stereocenters. The first-order chi connectivity index (χ1) is 9.20. The van der Waals surface area contributed by atoms with Gasteiger partial charge in [-0.25, -0.2) is 4.39 Å². The Morgan fingerprint density at radius 1 is 1.47 bits per heavy atom. The lowest BCUT2D eigenvalue weighted by atomic mass is 9.99. The van der Waals surface area contributed by atoms with Gasteiger partial charge in [-0.05, 0) is 30.9 Å². The standard InChI is InChI=1S/C14H18FNO2S/c15-12-5-1-2-6-13(12)19-10-14(18)16-7-3-4-11(8-16)9-17/h1-2,5-6,11,17H,3-4,7-10H2. The lowest BCUT2D eigenvalue weighted by molar-refractivity contribution is -0.130. The number of likely N-dealkylation sites (tertiary alicyclic amines) is 1. The van der Waals surface area contributed by atoms with E-state index in [-0.39, 0.29) is 30.0 Å². The average molecular weight is 283 g/mol. The van der Waals surface area contributed by atoms with Crippen LogP contribution in [0.2, 0.25) is 0 Å². The molecular formula is C14H18FNO2S. The predicted octanol–water partition coefficient (Wildman–Crippen LogP) is 2.15. The number of thioether (sulfide) groups is 1. The Labute approximate surface area is 116 Å². The van der Waals surface area contributed by atoms with E-state index in [0.717, 1.165) is 19.4 Å². The molecule has 2 rings (SSSR count). The van der Waals surface area contributed by atoms with Gasteiger partial charge < -0.3 is 10.0 Å². The summed E-state index contributed by atoms with van der Waals surface area (Å²) in [4.78, 5) is 14.3. The fraction of sp³-hybridized carbons (Fsp3) is 0.500. The van der Waals surface area contributed by atoms with Crippen LogP contribution in [0.15, 0.2) is 29.2 Å². The molecule has 1 amide bonds. The van der Waals surface area contributed by atoms with Gasteiger partial charge in [-0.3, -0.25) is 4.79 Å². The van der Waals surface area contributed by atoms with Crippen LogP contribution in [-0.4, -0.2) is 41.4 Å². The number of carbonyl (C=O) groups excluding carboxylic acids is 1. The number of carbonyl (C=O) groups is 1.